The Kier molecular flexibility index (Phi) is 4.53. The summed E-state index contributed by atoms with van der Waals surface area (Å²) in [6.07, 6.45) is 5.80. The van der Waals surface area contributed by atoms with Crippen LogP contribution in [-0.2, 0) is 6.54 Å². The van der Waals surface area contributed by atoms with E-state index >= 15 is 0 Å². The first-order valence-corrected chi connectivity index (χ1v) is 12.0. The van der Waals surface area contributed by atoms with Crippen LogP contribution in [0.3, 0.4) is 0 Å². The van der Waals surface area contributed by atoms with Crippen LogP contribution in [-0.4, -0.2) is 52.4 Å². The third-order valence-corrected chi connectivity index (χ3v) is 8.11. The predicted molar refractivity (Wildman–Crippen MR) is 121 cm³/mol. The van der Waals surface area contributed by atoms with Gasteiger partial charge in [0, 0.05) is 43.0 Å². The molecule has 2 unspecified atom stereocenters. The van der Waals surface area contributed by atoms with Crippen molar-refractivity contribution < 1.29 is 0 Å². The highest BCUT2D eigenvalue weighted by Gasteiger charge is 2.43. The normalized spacial score (nSPS) is 23.8. The highest BCUT2D eigenvalue weighted by atomic mass is 32.2. The molecule has 1 fully saturated rings. The second-order valence-corrected chi connectivity index (χ2v) is 9.77. The zero-order valence-electron chi connectivity index (χ0n) is 16.8. The number of nitrogens with zero attached hydrogens (tertiary/aromatic N) is 4. The summed E-state index contributed by atoms with van der Waals surface area (Å²) in [7, 11) is 0. The molecule has 0 N–H and O–H groups in total. The fraction of sp³-hybridized carbons (Fsp3) is 0.458. The molecule has 2 aromatic carbocycles. The average molecular weight is 405 g/mol. The van der Waals surface area contributed by atoms with Crippen LogP contribution in [0.15, 0.2) is 53.7 Å². The van der Waals surface area contributed by atoms with Crippen LogP contribution in [0.25, 0.3) is 11.0 Å². The van der Waals surface area contributed by atoms with Gasteiger partial charge in [-0.2, -0.15) is 0 Å². The first-order chi connectivity index (χ1) is 14.4. The molecule has 29 heavy (non-hydrogen) atoms. The Balaban J connectivity index is 1.15. The molecule has 6 rings (SSSR count). The summed E-state index contributed by atoms with van der Waals surface area (Å²) in [5, 5.41) is 0. The summed E-state index contributed by atoms with van der Waals surface area (Å²) in [6, 6.07) is 16.2. The molecule has 0 amide bonds. The number of para-hydroxylation sites is 3. The van der Waals surface area contributed by atoms with Gasteiger partial charge in [0.1, 0.15) is 0 Å². The molecule has 3 aliphatic heterocycles. The van der Waals surface area contributed by atoms with Crippen molar-refractivity contribution >= 4 is 28.5 Å². The van der Waals surface area contributed by atoms with E-state index in [-0.39, 0.29) is 0 Å². The maximum absolute atomic E-state index is 4.53. The maximum atomic E-state index is 4.53. The van der Waals surface area contributed by atoms with Crippen LogP contribution in [0.5, 0.6) is 0 Å². The number of hydrogen-bond acceptors (Lipinski definition) is 4. The van der Waals surface area contributed by atoms with Gasteiger partial charge in [-0.15, -0.1) is 11.8 Å². The smallest absolute Gasteiger partial charge is 0.0958 e. The Morgan fingerprint density at radius 3 is 3.00 bits per heavy atom. The lowest BCUT2D eigenvalue weighted by atomic mass is 9.89. The number of aryl methyl sites for hydroxylation is 1. The summed E-state index contributed by atoms with van der Waals surface area (Å²) in [6.45, 7) is 5.92. The molecule has 3 aliphatic rings. The highest BCUT2D eigenvalue weighted by molar-refractivity contribution is 7.99. The van der Waals surface area contributed by atoms with Crippen molar-refractivity contribution in [2.45, 2.75) is 42.7 Å². The van der Waals surface area contributed by atoms with E-state index in [0.717, 1.165) is 18.1 Å². The molecule has 4 nitrogen and oxygen atoms in total. The van der Waals surface area contributed by atoms with E-state index < -0.39 is 0 Å². The molecule has 0 aliphatic carbocycles. The second-order valence-electron chi connectivity index (χ2n) is 8.63. The number of hydrogen-bond donors (Lipinski definition) is 0. The number of rotatable bonds is 4. The molecular weight excluding hydrogens is 376 g/mol. The molecule has 3 aromatic rings. The van der Waals surface area contributed by atoms with Gasteiger partial charge in [-0.05, 0) is 55.3 Å². The van der Waals surface area contributed by atoms with Crippen molar-refractivity contribution in [3.05, 3.63) is 54.4 Å². The molecule has 5 heteroatoms. The summed E-state index contributed by atoms with van der Waals surface area (Å²) in [5.41, 5.74) is 5.56. The lowest BCUT2D eigenvalue weighted by Crippen LogP contribution is -2.46. The number of thioether (sulfide) groups is 1. The standard InChI is InChI=1S/C24H28N4S/c1-2-8-22-20(7-1)25-17-27(22)12-4-11-26-14-10-21-19(16-26)18-6-3-9-23-24(18)28(21)13-5-15-29-23/h1-3,6-9,17,19,21H,4-5,10-16H2. The van der Waals surface area contributed by atoms with E-state index in [1.54, 1.807) is 11.3 Å². The van der Waals surface area contributed by atoms with E-state index in [4.69, 9.17) is 0 Å². The summed E-state index contributed by atoms with van der Waals surface area (Å²) < 4.78 is 2.31. The van der Waals surface area contributed by atoms with Gasteiger partial charge in [-0.1, -0.05) is 24.3 Å². The Morgan fingerprint density at radius 1 is 1.03 bits per heavy atom. The number of aromatic nitrogens is 2. The van der Waals surface area contributed by atoms with Crippen LogP contribution in [0.4, 0.5) is 5.69 Å². The topological polar surface area (TPSA) is 24.3 Å². The molecule has 150 valence electrons. The largest absolute Gasteiger partial charge is 0.367 e. The van der Waals surface area contributed by atoms with Crippen LogP contribution in [0.1, 0.15) is 30.7 Å². The predicted octanol–water partition coefficient (Wildman–Crippen LogP) is 4.60. The molecule has 0 saturated carbocycles. The lowest BCUT2D eigenvalue weighted by molar-refractivity contribution is 0.189. The summed E-state index contributed by atoms with van der Waals surface area (Å²) >= 11 is 2.06. The SMILES string of the molecule is c1cc2c3c(c1)C1CN(CCCn4cnc5ccccc54)CCC1N3CCCS2. The van der Waals surface area contributed by atoms with Gasteiger partial charge in [0.2, 0.25) is 0 Å². The molecule has 1 saturated heterocycles. The van der Waals surface area contributed by atoms with E-state index in [2.05, 4.69) is 73.6 Å². The van der Waals surface area contributed by atoms with Crippen molar-refractivity contribution in [3.8, 4) is 0 Å². The zero-order chi connectivity index (χ0) is 19.2. The minimum absolute atomic E-state index is 0.687. The highest BCUT2D eigenvalue weighted by Crippen LogP contribution is 2.50. The van der Waals surface area contributed by atoms with Crippen LogP contribution < -0.4 is 4.90 Å². The van der Waals surface area contributed by atoms with Gasteiger partial charge in [-0.3, -0.25) is 0 Å². The molecule has 1 aromatic heterocycles. The molecule has 0 spiro atoms. The van der Waals surface area contributed by atoms with E-state index in [1.807, 2.05) is 6.33 Å². The number of imidazole rings is 1. The number of benzene rings is 2. The monoisotopic (exact) mass is 404 g/mol. The Hall–Kier alpha value is -1.98. The summed E-state index contributed by atoms with van der Waals surface area (Å²) in [5.74, 6) is 1.95. The minimum atomic E-state index is 0.687. The van der Waals surface area contributed by atoms with Crippen molar-refractivity contribution in [1.82, 2.24) is 14.5 Å². The molecule has 0 radical (unpaired) electrons. The lowest BCUT2D eigenvalue weighted by Gasteiger charge is -2.39. The number of anilines is 1. The molecule has 2 atom stereocenters. The number of likely N-dealkylation sites (tertiary alicyclic amines) is 1. The third kappa shape index (κ3) is 3.06. The molecular formula is C24H28N4S. The van der Waals surface area contributed by atoms with E-state index in [1.165, 1.54) is 61.6 Å². The van der Waals surface area contributed by atoms with Crippen molar-refractivity contribution in [2.75, 3.05) is 36.8 Å². The Labute approximate surface area is 176 Å². The third-order valence-electron chi connectivity index (χ3n) is 6.98. The fourth-order valence-electron chi connectivity index (χ4n) is 5.66. The van der Waals surface area contributed by atoms with Crippen LogP contribution >= 0.6 is 11.8 Å². The quantitative estimate of drug-likeness (QED) is 0.634. The Bertz CT molecular complexity index is 1030. The first kappa shape index (κ1) is 17.8. The fourth-order valence-corrected chi connectivity index (χ4v) is 6.70. The first-order valence-electron chi connectivity index (χ1n) is 11.0. The number of fused-ring (bicyclic) bond motifs is 4. The van der Waals surface area contributed by atoms with E-state index in [0.29, 0.717) is 5.92 Å². The van der Waals surface area contributed by atoms with Gasteiger partial charge in [-0.25, -0.2) is 4.98 Å². The average Bonchev–Trinajstić information content (AvgIpc) is 3.22. The Morgan fingerprint density at radius 2 is 2.00 bits per heavy atom. The maximum Gasteiger partial charge on any atom is 0.0958 e. The van der Waals surface area contributed by atoms with Gasteiger partial charge in [0.25, 0.3) is 0 Å². The summed E-state index contributed by atoms with van der Waals surface area (Å²) in [4.78, 5) is 11.5. The van der Waals surface area contributed by atoms with Gasteiger partial charge in [0.15, 0.2) is 0 Å². The zero-order valence-corrected chi connectivity index (χ0v) is 17.7. The van der Waals surface area contributed by atoms with Crippen molar-refractivity contribution in [3.63, 3.8) is 0 Å². The van der Waals surface area contributed by atoms with Gasteiger partial charge in [0.05, 0.1) is 23.0 Å². The van der Waals surface area contributed by atoms with Crippen molar-refractivity contribution in [1.29, 1.82) is 0 Å². The van der Waals surface area contributed by atoms with Crippen LogP contribution in [0.2, 0.25) is 0 Å². The molecule has 4 heterocycles. The van der Waals surface area contributed by atoms with Gasteiger partial charge < -0.3 is 14.4 Å². The second kappa shape index (κ2) is 7.37. The number of piperidine rings is 1. The van der Waals surface area contributed by atoms with Crippen molar-refractivity contribution in [2.24, 2.45) is 0 Å². The minimum Gasteiger partial charge on any atom is -0.367 e. The molecule has 0 bridgehead atoms. The van der Waals surface area contributed by atoms with Crippen LogP contribution in [0, 0.1) is 0 Å². The van der Waals surface area contributed by atoms with E-state index in [9.17, 15) is 0 Å². The van der Waals surface area contributed by atoms with Gasteiger partial charge >= 0.3 is 0 Å².